The average Bonchev–Trinajstić information content (AvgIpc) is 2.64. The van der Waals surface area contributed by atoms with Crippen LogP contribution in [0.4, 0.5) is 31.1 Å². The van der Waals surface area contributed by atoms with Gasteiger partial charge in [0.2, 0.25) is 5.82 Å². The summed E-state index contributed by atoms with van der Waals surface area (Å²) < 4.78 is 96.1. The van der Waals surface area contributed by atoms with Crippen LogP contribution in [0.3, 0.4) is 0 Å². The predicted octanol–water partition coefficient (Wildman–Crippen LogP) is 7.55. The van der Waals surface area contributed by atoms with Crippen LogP contribution in [0.5, 0.6) is 5.75 Å². The van der Waals surface area contributed by atoms with Crippen molar-refractivity contribution >= 4 is 6.16 Å². The normalized spacial score (nSPS) is 20.1. The molecule has 1 aliphatic rings. The molecule has 0 N–H and O–H groups in total. The summed E-state index contributed by atoms with van der Waals surface area (Å²) in [6.45, 7) is 5.97. The smallest absolute Gasteiger partial charge is 0.428 e. The zero-order valence-corrected chi connectivity index (χ0v) is 18.5. The molecule has 32 heavy (non-hydrogen) atoms. The van der Waals surface area contributed by atoms with Crippen LogP contribution in [0.1, 0.15) is 77.7 Å². The highest BCUT2D eigenvalue weighted by atomic mass is 19.3. The van der Waals surface area contributed by atoms with Crippen LogP contribution in [0.2, 0.25) is 0 Å². The summed E-state index contributed by atoms with van der Waals surface area (Å²) in [6, 6.07) is 1.73. The van der Waals surface area contributed by atoms with Crippen LogP contribution >= 0.6 is 0 Å². The van der Waals surface area contributed by atoms with E-state index in [2.05, 4.69) is 21.1 Å². The molecule has 0 atom stereocenters. The van der Waals surface area contributed by atoms with Gasteiger partial charge in [0.1, 0.15) is 5.60 Å². The number of halogens is 6. The zero-order chi connectivity index (χ0) is 24.3. The van der Waals surface area contributed by atoms with Crippen LogP contribution in [-0.4, -0.2) is 24.0 Å². The quantitative estimate of drug-likeness (QED) is 0.305. The van der Waals surface area contributed by atoms with E-state index in [-0.39, 0.29) is 11.5 Å². The Morgan fingerprint density at radius 3 is 2.06 bits per heavy atom. The lowest BCUT2D eigenvalue weighted by molar-refractivity contribution is -0.393. The standard InChI is InChI=1S/C22H28F6O4/c1-5-6-13-7-9-14(10-8-13)15-11-12-16(18(24)17(15)23)30-21(25,26)22(27,28)32-19(29)31-20(2,3)4/h11-14H,5-10H2,1-4H3/t13-,14-. The maximum Gasteiger partial charge on any atom is 0.513 e. The first kappa shape index (κ1) is 26.1. The fourth-order valence-electron chi connectivity index (χ4n) is 3.74. The third-order valence-electron chi connectivity index (χ3n) is 5.24. The molecule has 0 bridgehead atoms. The van der Waals surface area contributed by atoms with Gasteiger partial charge in [-0.05, 0) is 69.9 Å². The number of hydrogen-bond acceptors (Lipinski definition) is 4. The highest BCUT2D eigenvalue weighted by molar-refractivity contribution is 5.61. The van der Waals surface area contributed by atoms with Gasteiger partial charge in [-0.3, -0.25) is 0 Å². The predicted molar refractivity (Wildman–Crippen MR) is 104 cm³/mol. The molecule has 1 aliphatic carbocycles. The van der Waals surface area contributed by atoms with Crippen LogP contribution in [0, 0.1) is 17.6 Å². The Bertz CT molecular complexity index is 798. The molecule has 1 aromatic rings. The number of hydrogen-bond donors (Lipinski definition) is 0. The molecule has 4 nitrogen and oxygen atoms in total. The minimum Gasteiger partial charge on any atom is -0.428 e. The fraction of sp³-hybridized carbons (Fsp3) is 0.682. The number of alkyl halides is 4. The Morgan fingerprint density at radius 2 is 1.53 bits per heavy atom. The van der Waals surface area contributed by atoms with E-state index in [9.17, 15) is 31.1 Å². The summed E-state index contributed by atoms with van der Waals surface area (Å²) in [5.74, 6) is -4.45. The molecule has 0 amide bonds. The second kappa shape index (κ2) is 9.79. The summed E-state index contributed by atoms with van der Waals surface area (Å²) in [7, 11) is 0. The second-order valence-corrected chi connectivity index (χ2v) is 8.99. The van der Waals surface area contributed by atoms with Crippen molar-refractivity contribution in [3.05, 3.63) is 29.3 Å². The van der Waals surface area contributed by atoms with Gasteiger partial charge in [0.25, 0.3) is 0 Å². The van der Waals surface area contributed by atoms with E-state index in [1.807, 2.05) is 0 Å². The molecule has 1 aromatic carbocycles. The Kier molecular flexibility index (Phi) is 7.99. The van der Waals surface area contributed by atoms with E-state index in [0.29, 0.717) is 24.8 Å². The molecule has 0 spiro atoms. The number of carbonyl (C=O) groups excluding carboxylic acids is 1. The van der Waals surface area contributed by atoms with Crippen molar-refractivity contribution in [2.75, 3.05) is 0 Å². The minimum absolute atomic E-state index is 0.00937. The van der Waals surface area contributed by atoms with E-state index in [4.69, 9.17) is 0 Å². The molecule has 0 radical (unpaired) electrons. The molecular formula is C22H28F6O4. The van der Waals surface area contributed by atoms with E-state index >= 15 is 0 Å². The first-order valence-electron chi connectivity index (χ1n) is 10.5. The maximum absolute atomic E-state index is 14.6. The summed E-state index contributed by atoms with van der Waals surface area (Å²) >= 11 is 0. The van der Waals surface area contributed by atoms with E-state index in [1.54, 1.807) is 0 Å². The van der Waals surface area contributed by atoms with Gasteiger partial charge in [0.05, 0.1) is 0 Å². The van der Waals surface area contributed by atoms with Gasteiger partial charge in [-0.1, -0.05) is 25.8 Å². The van der Waals surface area contributed by atoms with Crippen LogP contribution in [0.15, 0.2) is 12.1 Å². The molecule has 1 fully saturated rings. The van der Waals surface area contributed by atoms with Crippen molar-refractivity contribution in [1.29, 1.82) is 0 Å². The Balaban J connectivity index is 2.13. The van der Waals surface area contributed by atoms with Crippen molar-refractivity contribution in [3.63, 3.8) is 0 Å². The Labute approximate surface area is 183 Å². The van der Waals surface area contributed by atoms with Crippen LogP contribution < -0.4 is 4.74 Å². The van der Waals surface area contributed by atoms with Crippen molar-refractivity contribution in [1.82, 2.24) is 0 Å². The molecule has 0 aromatic heterocycles. The lowest BCUT2D eigenvalue weighted by Gasteiger charge is -2.29. The zero-order valence-electron chi connectivity index (χ0n) is 18.5. The largest absolute Gasteiger partial charge is 0.513 e. The highest BCUT2D eigenvalue weighted by Crippen LogP contribution is 2.42. The van der Waals surface area contributed by atoms with Crippen molar-refractivity contribution in [3.8, 4) is 5.75 Å². The first-order valence-corrected chi connectivity index (χ1v) is 10.5. The van der Waals surface area contributed by atoms with Gasteiger partial charge in [-0.2, -0.15) is 22.0 Å². The molecule has 2 rings (SSSR count). The minimum atomic E-state index is -5.51. The first-order chi connectivity index (χ1) is 14.7. The summed E-state index contributed by atoms with van der Waals surface area (Å²) in [6.07, 6.45) is -8.10. The highest BCUT2D eigenvalue weighted by Gasteiger charge is 2.65. The van der Waals surface area contributed by atoms with Crippen LogP contribution in [0.25, 0.3) is 0 Å². The molecule has 0 unspecified atom stereocenters. The molecule has 10 heteroatoms. The summed E-state index contributed by atoms with van der Waals surface area (Å²) in [5, 5.41) is 0. The van der Waals surface area contributed by atoms with Crippen molar-refractivity contribution in [2.24, 2.45) is 5.92 Å². The van der Waals surface area contributed by atoms with E-state index in [1.165, 1.54) is 20.8 Å². The number of benzene rings is 1. The average molecular weight is 470 g/mol. The second-order valence-electron chi connectivity index (χ2n) is 8.99. The number of ether oxygens (including phenoxy) is 3. The molecule has 182 valence electrons. The monoisotopic (exact) mass is 470 g/mol. The lowest BCUT2D eigenvalue weighted by Crippen LogP contribution is -2.49. The molecule has 0 saturated heterocycles. The summed E-state index contributed by atoms with van der Waals surface area (Å²) in [4.78, 5) is 11.3. The van der Waals surface area contributed by atoms with Gasteiger partial charge in [0, 0.05) is 0 Å². The Hall–Kier alpha value is -2.13. The maximum atomic E-state index is 14.6. The SMILES string of the molecule is CCC[C@H]1CC[C@H](c2ccc(OC(F)(F)C(F)(F)OC(=O)OC(C)(C)C)c(F)c2F)CC1. The summed E-state index contributed by atoms with van der Waals surface area (Å²) in [5.41, 5.74) is -1.30. The lowest BCUT2D eigenvalue weighted by atomic mass is 9.77. The van der Waals surface area contributed by atoms with Gasteiger partial charge >= 0.3 is 18.4 Å². The van der Waals surface area contributed by atoms with E-state index < -0.39 is 41.4 Å². The van der Waals surface area contributed by atoms with Gasteiger partial charge in [-0.15, -0.1) is 0 Å². The number of carbonyl (C=O) groups is 1. The van der Waals surface area contributed by atoms with Gasteiger partial charge in [-0.25, -0.2) is 9.18 Å². The topological polar surface area (TPSA) is 44.8 Å². The third kappa shape index (κ3) is 6.45. The van der Waals surface area contributed by atoms with Crippen molar-refractivity contribution < 1.29 is 45.3 Å². The molecular weight excluding hydrogens is 442 g/mol. The van der Waals surface area contributed by atoms with E-state index in [0.717, 1.165) is 31.7 Å². The fourth-order valence-corrected chi connectivity index (χ4v) is 3.74. The van der Waals surface area contributed by atoms with Crippen LogP contribution in [-0.2, 0) is 9.47 Å². The van der Waals surface area contributed by atoms with Gasteiger partial charge < -0.3 is 14.2 Å². The van der Waals surface area contributed by atoms with Gasteiger partial charge in [0.15, 0.2) is 11.6 Å². The van der Waals surface area contributed by atoms with Crippen molar-refractivity contribution in [2.45, 2.75) is 90.0 Å². The third-order valence-corrected chi connectivity index (χ3v) is 5.24. The molecule has 1 saturated carbocycles. The Morgan fingerprint density at radius 1 is 0.938 bits per heavy atom. The number of rotatable bonds is 7. The molecule has 0 aliphatic heterocycles. The molecule has 0 heterocycles.